The largest absolute Gasteiger partial charge is 0.662 e. The molecule has 0 aromatic rings. The third-order valence-corrected chi connectivity index (χ3v) is 1.21. The zero-order valence-corrected chi connectivity index (χ0v) is 8.14. The smallest absolute Gasteiger partial charge is 0.385 e. The lowest BCUT2D eigenvalue weighted by Gasteiger charge is -2.03. The van der Waals surface area contributed by atoms with Crippen LogP contribution in [0.4, 0.5) is 0 Å². The van der Waals surface area contributed by atoms with Crippen molar-refractivity contribution in [1.82, 2.24) is 0 Å². The highest BCUT2D eigenvalue weighted by molar-refractivity contribution is 9.06. The van der Waals surface area contributed by atoms with Gasteiger partial charge in [0.25, 0.3) is 0 Å². The van der Waals surface area contributed by atoms with Crippen molar-refractivity contribution in [3.8, 4) is 0 Å². The normalized spacial score (nSPS) is 9.67. The van der Waals surface area contributed by atoms with Crippen LogP contribution in [0.15, 0.2) is 0 Å². The van der Waals surface area contributed by atoms with Crippen LogP contribution in [0.25, 0.3) is 0 Å². The summed E-state index contributed by atoms with van der Waals surface area (Å²) in [6.45, 7) is 2.61. The zero-order chi connectivity index (χ0) is 7.11. The monoisotopic (exact) mass is 260 g/mol. The molecule has 0 atom stereocenters. The lowest BCUT2D eigenvalue weighted by molar-refractivity contribution is 0.228. The lowest BCUT2D eigenvalue weighted by atomic mass is 10.2. The van der Waals surface area contributed by atoms with Gasteiger partial charge in [-0.15, -0.1) is 0 Å². The predicted molar refractivity (Wildman–Crippen MR) is 42.0 cm³/mol. The first-order chi connectivity index (χ1) is 4.35. The minimum Gasteiger partial charge on any atom is -0.385 e. The Morgan fingerprint density at radius 2 is 1.89 bits per heavy atom. The van der Waals surface area contributed by atoms with Crippen molar-refractivity contribution < 1.29 is 12.1 Å². The summed E-state index contributed by atoms with van der Waals surface area (Å²) in [5, 5.41) is 0. The van der Waals surface area contributed by atoms with Gasteiger partial charge >= 0.3 is 7.32 Å². The summed E-state index contributed by atoms with van der Waals surface area (Å²) < 4.78 is 14.0. The van der Waals surface area contributed by atoms with Gasteiger partial charge in [0.05, 0.1) is 32.5 Å². The SMILES string of the molecule is CCCOB(OBr)OBr. The Kier molecular flexibility index (Phi) is 7.72. The van der Waals surface area contributed by atoms with E-state index in [0.717, 1.165) is 6.42 Å². The van der Waals surface area contributed by atoms with Crippen LogP contribution in [-0.4, -0.2) is 13.9 Å². The predicted octanol–water partition coefficient (Wildman–Crippen LogP) is 2.05. The minimum atomic E-state index is -0.662. The van der Waals surface area contributed by atoms with Gasteiger partial charge in [0.2, 0.25) is 0 Å². The van der Waals surface area contributed by atoms with Gasteiger partial charge in [-0.05, 0) is 6.42 Å². The topological polar surface area (TPSA) is 27.7 Å². The van der Waals surface area contributed by atoms with E-state index in [1.165, 1.54) is 0 Å². The van der Waals surface area contributed by atoms with Crippen molar-refractivity contribution in [3.05, 3.63) is 0 Å². The number of rotatable bonds is 5. The maximum atomic E-state index is 4.95. The molecule has 3 nitrogen and oxygen atoms in total. The van der Waals surface area contributed by atoms with Gasteiger partial charge in [0.1, 0.15) is 0 Å². The average Bonchev–Trinajstić information content (AvgIpc) is 1.91. The molecule has 0 saturated carbocycles. The highest BCUT2D eigenvalue weighted by atomic mass is 79.9. The molecule has 0 aliphatic rings. The summed E-state index contributed by atoms with van der Waals surface area (Å²) in [4.78, 5) is 0. The fourth-order valence-corrected chi connectivity index (χ4v) is 0.852. The fourth-order valence-electron chi connectivity index (χ4n) is 0.279. The molecule has 0 aliphatic heterocycles. The molecule has 0 saturated heterocycles. The van der Waals surface area contributed by atoms with E-state index in [1.54, 1.807) is 0 Å². The Morgan fingerprint density at radius 3 is 2.22 bits per heavy atom. The standard InChI is InChI=1S/C3H7BBr2O3/c1-2-3-7-4(8-5)9-6/h2-3H2,1H3. The molecule has 0 bridgehead atoms. The molecule has 0 spiro atoms. The molecule has 0 radical (unpaired) electrons. The fraction of sp³-hybridized carbons (Fsp3) is 1.00. The minimum absolute atomic E-state index is 0.613. The molecule has 0 aliphatic carbocycles. The molecule has 0 unspecified atom stereocenters. The summed E-state index contributed by atoms with van der Waals surface area (Å²) in [6.07, 6.45) is 0.934. The van der Waals surface area contributed by atoms with Gasteiger partial charge in [-0.3, -0.25) is 0 Å². The first-order valence-electron chi connectivity index (χ1n) is 2.51. The molecule has 0 aromatic heterocycles. The summed E-state index contributed by atoms with van der Waals surface area (Å²) in [5.74, 6) is 0. The Morgan fingerprint density at radius 1 is 1.33 bits per heavy atom. The van der Waals surface area contributed by atoms with Gasteiger partial charge in [0.15, 0.2) is 0 Å². The Labute approximate surface area is 72.1 Å². The molecule has 0 N–H and O–H groups in total. The zero-order valence-electron chi connectivity index (χ0n) is 4.97. The Bertz CT molecular complexity index is 61.0. The van der Waals surface area contributed by atoms with E-state index < -0.39 is 7.32 Å². The van der Waals surface area contributed by atoms with Gasteiger partial charge in [-0.25, -0.2) is 0 Å². The molecule has 54 valence electrons. The molecule has 9 heavy (non-hydrogen) atoms. The van der Waals surface area contributed by atoms with E-state index in [4.69, 9.17) is 4.65 Å². The second kappa shape index (κ2) is 7.02. The third kappa shape index (κ3) is 5.35. The number of hydrogen-bond acceptors (Lipinski definition) is 3. The highest BCUT2D eigenvalue weighted by Crippen LogP contribution is 2.01. The van der Waals surface area contributed by atoms with Crippen molar-refractivity contribution in [2.75, 3.05) is 6.61 Å². The van der Waals surface area contributed by atoms with Crippen molar-refractivity contribution >= 4 is 39.8 Å². The van der Waals surface area contributed by atoms with E-state index in [1.807, 2.05) is 6.92 Å². The number of hydrogen-bond donors (Lipinski definition) is 0. The molecule has 0 fully saturated rings. The van der Waals surface area contributed by atoms with E-state index in [0.29, 0.717) is 6.61 Å². The molecule has 0 aromatic carbocycles. The summed E-state index contributed by atoms with van der Waals surface area (Å²) in [5.41, 5.74) is 0. The molecule has 0 heterocycles. The summed E-state index contributed by atoms with van der Waals surface area (Å²) in [6, 6.07) is 0. The van der Waals surface area contributed by atoms with E-state index >= 15 is 0 Å². The maximum Gasteiger partial charge on any atom is 0.662 e. The Hall–Kier alpha value is 0.905. The van der Waals surface area contributed by atoms with Gasteiger partial charge < -0.3 is 12.1 Å². The van der Waals surface area contributed by atoms with Crippen molar-refractivity contribution in [2.45, 2.75) is 13.3 Å². The Balaban J connectivity index is 3.09. The van der Waals surface area contributed by atoms with Crippen LogP contribution in [0.2, 0.25) is 0 Å². The van der Waals surface area contributed by atoms with Gasteiger partial charge in [-0.2, -0.15) is 0 Å². The van der Waals surface area contributed by atoms with Crippen LogP contribution >= 0.6 is 32.5 Å². The van der Waals surface area contributed by atoms with Crippen LogP contribution < -0.4 is 0 Å². The highest BCUT2D eigenvalue weighted by Gasteiger charge is 2.18. The second-order valence-corrected chi connectivity index (χ2v) is 2.09. The average molecular weight is 262 g/mol. The van der Waals surface area contributed by atoms with Crippen molar-refractivity contribution in [2.24, 2.45) is 0 Å². The second-order valence-electron chi connectivity index (χ2n) is 1.34. The van der Waals surface area contributed by atoms with Crippen LogP contribution in [0.1, 0.15) is 13.3 Å². The molecule has 0 amide bonds. The van der Waals surface area contributed by atoms with Crippen LogP contribution in [-0.2, 0) is 12.1 Å². The van der Waals surface area contributed by atoms with E-state index in [2.05, 4.69) is 40.0 Å². The van der Waals surface area contributed by atoms with E-state index in [-0.39, 0.29) is 0 Å². The quantitative estimate of drug-likeness (QED) is 0.709. The number of halogens is 2. The van der Waals surface area contributed by atoms with Gasteiger partial charge in [-0.1, -0.05) is 6.92 Å². The van der Waals surface area contributed by atoms with Crippen LogP contribution in [0.5, 0.6) is 0 Å². The van der Waals surface area contributed by atoms with Crippen LogP contribution in [0, 0.1) is 0 Å². The lowest BCUT2D eigenvalue weighted by Crippen LogP contribution is -2.19. The van der Waals surface area contributed by atoms with Gasteiger partial charge in [0, 0.05) is 6.61 Å². The molecular weight excluding hydrogens is 255 g/mol. The maximum absolute atomic E-state index is 4.95. The van der Waals surface area contributed by atoms with E-state index in [9.17, 15) is 0 Å². The first kappa shape index (κ1) is 9.90. The molecular formula is C3H7BBr2O3. The molecule has 6 heteroatoms. The third-order valence-electron chi connectivity index (χ3n) is 0.604. The first-order valence-corrected chi connectivity index (χ1v) is 3.81. The summed E-state index contributed by atoms with van der Waals surface area (Å²) >= 11 is 5.45. The molecule has 0 rings (SSSR count). The van der Waals surface area contributed by atoms with Crippen LogP contribution in [0.3, 0.4) is 0 Å². The van der Waals surface area contributed by atoms with Crippen molar-refractivity contribution in [1.29, 1.82) is 0 Å². The van der Waals surface area contributed by atoms with Crippen molar-refractivity contribution in [3.63, 3.8) is 0 Å². The summed E-state index contributed by atoms with van der Waals surface area (Å²) in [7, 11) is -0.662.